The van der Waals surface area contributed by atoms with Gasteiger partial charge in [-0.1, -0.05) is 23.2 Å². The number of anilines is 2. The standard InChI is InChI=1S/C24H18Cl2FN3O4/c1-32-22-11-15-19(12-23(22)33-2)28-8-7-21(15)34-14-4-6-18(16(26)10-14)29-24(31)30-20-9-13(25)3-5-17(20)27/h3-12H,1-2H3,(H2,29,30,31). The lowest BCUT2D eigenvalue weighted by atomic mass is 10.2. The Morgan fingerprint density at radius 1 is 0.882 bits per heavy atom. The van der Waals surface area contributed by atoms with Crippen molar-refractivity contribution in [2.75, 3.05) is 24.9 Å². The zero-order chi connectivity index (χ0) is 24.2. The van der Waals surface area contributed by atoms with Crippen LogP contribution >= 0.6 is 23.2 Å². The van der Waals surface area contributed by atoms with Crippen LogP contribution < -0.4 is 24.8 Å². The zero-order valence-corrected chi connectivity index (χ0v) is 19.5. The Balaban J connectivity index is 1.53. The minimum Gasteiger partial charge on any atom is -0.493 e. The van der Waals surface area contributed by atoms with Crippen molar-refractivity contribution in [3.05, 3.63) is 76.7 Å². The predicted octanol–water partition coefficient (Wildman–Crippen LogP) is 7.13. The molecule has 0 saturated carbocycles. The van der Waals surface area contributed by atoms with E-state index in [2.05, 4.69) is 15.6 Å². The average Bonchev–Trinajstić information content (AvgIpc) is 2.82. The number of ether oxygens (including phenoxy) is 3. The molecule has 2 N–H and O–H groups in total. The van der Waals surface area contributed by atoms with E-state index in [1.54, 1.807) is 56.8 Å². The van der Waals surface area contributed by atoms with Crippen molar-refractivity contribution in [3.63, 3.8) is 0 Å². The summed E-state index contributed by atoms with van der Waals surface area (Å²) in [5.41, 5.74) is 0.905. The summed E-state index contributed by atoms with van der Waals surface area (Å²) in [5.74, 6) is 1.42. The molecule has 4 rings (SSSR count). The van der Waals surface area contributed by atoms with Crippen LogP contribution in [0.25, 0.3) is 10.9 Å². The summed E-state index contributed by atoms with van der Waals surface area (Å²) in [4.78, 5) is 16.6. The first kappa shape index (κ1) is 23.4. The van der Waals surface area contributed by atoms with Gasteiger partial charge in [0.25, 0.3) is 0 Å². The molecule has 0 atom stereocenters. The maximum atomic E-state index is 13.8. The van der Waals surface area contributed by atoms with Crippen LogP contribution in [0.5, 0.6) is 23.0 Å². The van der Waals surface area contributed by atoms with Crippen LogP contribution in [0.4, 0.5) is 20.6 Å². The van der Waals surface area contributed by atoms with Crippen molar-refractivity contribution in [3.8, 4) is 23.0 Å². The predicted molar refractivity (Wildman–Crippen MR) is 130 cm³/mol. The van der Waals surface area contributed by atoms with Crippen LogP contribution in [-0.4, -0.2) is 25.2 Å². The van der Waals surface area contributed by atoms with Gasteiger partial charge < -0.3 is 24.8 Å². The molecule has 4 aromatic rings. The lowest BCUT2D eigenvalue weighted by molar-refractivity contribution is 0.262. The van der Waals surface area contributed by atoms with E-state index in [4.69, 9.17) is 37.4 Å². The van der Waals surface area contributed by atoms with Crippen molar-refractivity contribution in [2.24, 2.45) is 0 Å². The van der Waals surface area contributed by atoms with E-state index in [1.165, 1.54) is 12.1 Å². The van der Waals surface area contributed by atoms with Gasteiger partial charge in [0.1, 0.15) is 17.3 Å². The summed E-state index contributed by atoms with van der Waals surface area (Å²) in [6.07, 6.45) is 1.61. The van der Waals surface area contributed by atoms with Gasteiger partial charge in [-0.05, 0) is 42.5 Å². The molecular formula is C24H18Cl2FN3O4. The third-order valence-electron chi connectivity index (χ3n) is 4.80. The number of halogens is 3. The number of hydrogen-bond acceptors (Lipinski definition) is 5. The summed E-state index contributed by atoms with van der Waals surface area (Å²) in [5, 5.41) is 6.18. The average molecular weight is 502 g/mol. The topological polar surface area (TPSA) is 81.7 Å². The first-order valence-corrected chi connectivity index (χ1v) is 10.6. The van der Waals surface area contributed by atoms with Crippen LogP contribution in [-0.2, 0) is 0 Å². The molecule has 7 nitrogen and oxygen atoms in total. The van der Waals surface area contributed by atoms with E-state index < -0.39 is 11.8 Å². The normalized spacial score (nSPS) is 10.6. The van der Waals surface area contributed by atoms with Crippen LogP contribution in [0, 0.1) is 5.82 Å². The number of carbonyl (C=O) groups excluding carboxylic acids is 1. The largest absolute Gasteiger partial charge is 0.493 e. The highest BCUT2D eigenvalue weighted by molar-refractivity contribution is 6.34. The molecule has 0 aliphatic rings. The quantitative estimate of drug-likeness (QED) is 0.293. The number of nitrogens with zero attached hydrogens (tertiary/aromatic N) is 1. The Labute approximate surface area is 204 Å². The number of rotatable bonds is 6. The molecule has 174 valence electrons. The van der Waals surface area contributed by atoms with Gasteiger partial charge in [0.15, 0.2) is 11.5 Å². The molecule has 10 heteroatoms. The van der Waals surface area contributed by atoms with E-state index in [0.29, 0.717) is 39.6 Å². The maximum absolute atomic E-state index is 13.8. The highest BCUT2D eigenvalue weighted by Crippen LogP contribution is 2.38. The number of methoxy groups -OCH3 is 2. The third kappa shape index (κ3) is 5.08. The van der Waals surface area contributed by atoms with Crippen LogP contribution in [0.15, 0.2) is 60.8 Å². The first-order valence-electron chi connectivity index (χ1n) is 9.89. The van der Waals surface area contributed by atoms with Gasteiger partial charge >= 0.3 is 6.03 Å². The lowest BCUT2D eigenvalue weighted by Gasteiger charge is -2.14. The molecule has 0 bridgehead atoms. The number of fused-ring (bicyclic) bond motifs is 1. The van der Waals surface area contributed by atoms with Crippen molar-refractivity contribution < 1.29 is 23.4 Å². The number of urea groups is 1. The Kier molecular flexibility index (Phi) is 6.90. The molecule has 0 aliphatic carbocycles. The van der Waals surface area contributed by atoms with E-state index in [0.717, 1.165) is 6.07 Å². The molecular weight excluding hydrogens is 484 g/mol. The molecule has 3 aromatic carbocycles. The van der Waals surface area contributed by atoms with Gasteiger partial charge in [0, 0.05) is 28.7 Å². The number of nitrogens with one attached hydrogen (secondary N) is 2. The van der Waals surface area contributed by atoms with E-state index in [9.17, 15) is 9.18 Å². The second-order valence-electron chi connectivity index (χ2n) is 6.98. The van der Waals surface area contributed by atoms with Crippen molar-refractivity contribution in [2.45, 2.75) is 0 Å². The summed E-state index contributed by atoms with van der Waals surface area (Å²) in [6, 6.07) is 13.1. The first-order chi connectivity index (χ1) is 16.4. The van der Waals surface area contributed by atoms with Crippen molar-refractivity contribution >= 4 is 51.5 Å². The fourth-order valence-electron chi connectivity index (χ4n) is 3.19. The monoisotopic (exact) mass is 501 g/mol. The van der Waals surface area contributed by atoms with E-state index in [-0.39, 0.29) is 15.7 Å². The summed E-state index contributed by atoms with van der Waals surface area (Å²) < 4.78 is 30.6. The van der Waals surface area contributed by atoms with Gasteiger partial charge in [-0.3, -0.25) is 4.98 Å². The van der Waals surface area contributed by atoms with E-state index in [1.807, 2.05) is 0 Å². The number of benzene rings is 3. The van der Waals surface area contributed by atoms with Gasteiger partial charge in [0.05, 0.1) is 36.1 Å². The molecule has 2 amide bonds. The van der Waals surface area contributed by atoms with Crippen LogP contribution in [0.2, 0.25) is 10.0 Å². The Morgan fingerprint density at radius 3 is 2.35 bits per heavy atom. The minimum absolute atomic E-state index is 0.0577. The molecule has 0 unspecified atom stereocenters. The maximum Gasteiger partial charge on any atom is 0.323 e. The van der Waals surface area contributed by atoms with Gasteiger partial charge in [-0.2, -0.15) is 0 Å². The summed E-state index contributed by atoms with van der Waals surface area (Å²) in [6.45, 7) is 0. The zero-order valence-electron chi connectivity index (χ0n) is 18.0. The van der Waals surface area contributed by atoms with Gasteiger partial charge in [-0.15, -0.1) is 0 Å². The molecule has 0 radical (unpaired) electrons. The number of carbonyl (C=O) groups is 1. The molecule has 0 fully saturated rings. The fraction of sp³-hybridized carbons (Fsp3) is 0.0833. The summed E-state index contributed by atoms with van der Waals surface area (Å²) in [7, 11) is 3.09. The third-order valence-corrected chi connectivity index (χ3v) is 5.35. The Hall–Kier alpha value is -3.75. The van der Waals surface area contributed by atoms with Gasteiger partial charge in [-0.25, -0.2) is 9.18 Å². The molecule has 0 saturated heterocycles. The molecule has 0 aliphatic heterocycles. The summed E-state index contributed by atoms with van der Waals surface area (Å²) >= 11 is 12.2. The number of hydrogen-bond donors (Lipinski definition) is 2. The minimum atomic E-state index is -0.682. The van der Waals surface area contributed by atoms with Crippen molar-refractivity contribution in [1.29, 1.82) is 0 Å². The van der Waals surface area contributed by atoms with Crippen LogP contribution in [0.3, 0.4) is 0 Å². The molecule has 0 spiro atoms. The van der Waals surface area contributed by atoms with Gasteiger partial charge in [0.2, 0.25) is 0 Å². The lowest BCUT2D eigenvalue weighted by Crippen LogP contribution is -2.20. The SMILES string of the molecule is COc1cc2nccc(Oc3ccc(NC(=O)Nc4cc(Cl)ccc4F)c(Cl)c3)c2cc1OC. The second kappa shape index (κ2) is 10.0. The second-order valence-corrected chi connectivity index (χ2v) is 7.82. The number of pyridine rings is 1. The fourth-order valence-corrected chi connectivity index (χ4v) is 3.58. The molecule has 34 heavy (non-hydrogen) atoms. The molecule has 1 heterocycles. The van der Waals surface area contributed by atoms with Crippen LogP contribution in [0.1, 0.15) is 0 Å². The Morgan fingerprint density at radius 2 is 1.62 bits per heavy atom. The number of aromatic nitrogens is 1. The van der Waals surface area contributed by atoms with E-state index >= 15 is 0 Å². The smallest absolute Gasteiger partial charge is 0.323 e. The van der Waals surface area contributed by atoms with Crippen molar-refractivity contribution in [1.82, 2.24) is 4.98 Å². The number of amides is 2. The highest BCUT2D eigenvalue weighted by atomic mass is 35.5. The highest BCUT2D eigenvalue weighted by Gasteiger charge is 2.13. The molecule has 1 aromatic heterocycles. The Bertz CT molecular complexity index is 1380.